The first-order chi connectivity index (χ1) is 8.74. The molecule has 0 aliphatic rings. The molecular formula is C15H24BrNO. The Morgan fingerprint density at radius 2 is 1.83 bits per heavy atom. The number of benzene rings is 1. The van der Waals surface area contributed by atoms with Crippen molar-refractivity contribution in [2.45, 2.75) is 45.6 Å². The zero-order chi connectivity index (χ0) is 13.2. The Kier molecular flexibility index (Phi) is 8.31. The second kappa shape index (κ2) is 9.54. The summed E-state index contributed by atoms with van der Waals surface area (Å²) in [6, 6.07) is 6.49. The van der Waals surface area contributed by atoms with Crippen LogP contribution in [-0.2, 0) is 6.54 Å². The van der Waals surface area contributed by atoms with Crippen LogP contribution in [0.25, 0.3) is 0 Å². The average molecular weight is 314 g/mol. The molecule has 18 heavy (non-hydrogen) atoms. The van der Waals surface area contributed by atoms with Crippen LogP contribution in [0.15, 0.2) is 22.7 Å². The van der Waals surface area contributed by atoms with Gasteiger partial charge in [-0.15, -0.1) is 0 Å². The van der Waals surface area contributed by atoms with Gasteiger partial charge in [-0.2, -0.15) is 0 Å². The molecule has 2 nitrogen and oxygen atoms in total. The number of aryl methyl sites for hydroxylation is 1. The first-order valence-corrected chi connectivity index (χ1v) is 7.60. The largest absolute Gasteiger partial charge is 0.396 e. The Morgan fingerprint density at radius 3 is 2.56 bits per heavy atom. The lowest BCUT2D eigenvalue weighted by molar-refractivity contribution is 0.282. The maximum atomic E-state index is 8.66. The highest BCUT2D eigenvalue weighted by atomic mass is 79.9. The predicted octanol–water partition coefficient (Wildman–Crippen LogP) is 3.79. The molecule has 2 N–H and O–H groups in total. The van der Waals surface area contributed by atoms with Gasteiger partial charge in [-0.05, 0) is 43.5 Å². The van der Waals surface area contributed by atoms with Crippen molar-refractivity contribution in [3.8, 4) is 0 Å². The third-order valence-corrected chi connectivity index (χ3v) is 3.95. The van der Waals surface area contributed by atoms with Crippen LogP contribution in [0.5, 0.6) is 0 Å². The highest BCUT2D eigenvalue weighted by Crippen LogP contribution is 2.16. The number of nitrogens with one attached hydrogen (secondary N) is 1. The molecule has 0 aliphatic heterocycles. The van der Waals surface area contributed by atoms with Gasteiger partial charge in [0.05, 0.1) is 0 Å². The maximum absolute atomic E-state index is 8.66. The molecule has 0 bridgehead atoms. The van der Waals surface area contributed by atoms with Crippen molar-refractivity contribution < 1.29 is 5.11 Å². The molecule has 0 spiro atoms. The molecule has 0 heterocycles. The van der Waals surface area contributed by atoms with Crippen molar-refractivity contribution in [3.63, 3.8) is 0 Å². The third-order valence-electron chi connectivity index (χ3n) is 3.06. The molecule has 0 amide bonds. The van der Waals surface area contributed by atoms with E-state index in [4.69, 9.17) is 5.11 Å². The molecule has 0 fully saturated rings. The van der Waals surface area contributed by atoms with E-state index >= 15 is 0 Å². The average Bonchev–Trinajstić information content (AvgIpc) is 2.37. The highest BCUT2D eigenvalue weighted by Gasteiger charge is 1.97. The lowest BCUT2D eigenvalue weighted by atomic mass is 10.1. The SMILES string of the molecule is Cc1cc(CNCCCCCCCO)ccc1Br. The molecule has 0 saturated carbocycles. The van der Waals surface area contributed by atoms with Crippen molar-refractivity contribution >= 4 is 15.9 Å². The Labute approximate surface area is 119 Å². The van der Waals surface area contributed by atoms with Crippen LogP contribution in [0.1, 0.15) is 43.2 Å². The highest BCUT2D eigenvalue weighted by molar-refractivity contribution is 9.10. The van der Waals surface area contributed by atoms with E-state index in [0.717, 1.165) is 25.9 Å². The molecule has 0 radical (unpaired) electrons. The second-order valence-electron chi connectivity index (χ2n) is 4.75. The van der Waals surface area contributed by atoms with Crippen LogP contribution in [0, 0.1) is 6.92 Å². The van der Waals surface area contributed by atoms with Crippen molar-refractivity contribution in [2.75, 3.05) is 13.2 Å². The normalized spacial score (nSPS) is 10.8. The minimum absolute atomic E-state index is 0.334. The Bertz CT molecular complexity index is 341. The predicted molar refractivity (Wildman–Crippen MR) is 80.8 cm³/mol. The third kappa shape index (κ3) is 6.53. The number of rotatable bonds is 9. The second-order valence-corrected chi connectivity index (χ2v) is 5.61. The van der Waals surface area contributed by atoms with Crippen molar-refractivity contribution in [2.24, 2.45) is 0 Å². The van der Waals surface area contributed by atoms with Crippen molar-refractivity contribution in [3.05, 3.63) is 33.8 Å². The molecule has 0 atom stereocenters. The van der Waals surface area contributed by atoms with E-state index in [1.807, 2.05) is 0 Å². The minimum Gasteiger partial charge on any atom is -0.396 e. The van der Waals surface area contributed by atoms with Crippen LogP contribution < -0.4 is 5.32 Å². The molecule has 1 aromatic carbocycles. The summed E-state index contributed by atoms with van der Waals surface area (Å²) < 4.78 is 1.18. The molecular weight excluding hydrogens is 290 g/mol. The molecule has 0 aromatic heterocycles. The fourth-order valence-electron chi connectivity index (χ4n) is 1.94. The summed E-state index contributed by atoms with van der Waals surface area (Å²) in [5.74, 6) is 0. The summed E-state index contributed by atoms with van der Waals surface area (Å²) in [5, 5.41) is 12.1. The number of unbranched alkanes of at least 4 members (excludes halogenated alkanes) is 4. The summed E-state index contributed by atoms with van der Waals surface area (Å²) in [5.41, 5.74) is 2.63. The van der Waals surface area contributed by atoms with Gasteiger partial charge in [0.25, 0.3) is 0 Å². The van der Waals surface area contributed by atoms with Crippen LogP contribution in [0.2, 0.25) is 0 Å². The van der Waals surface area contributed by atoms with E-state index in [0.29, 0.717) is 6.61 Å². The van der Waals surface area contributed by atoms with Crippen LogP contribution in [0.3, 0.4) is 0 Å². The fraction of sp³-hybridized carbons (Fsp3) is 0.600. The summed E-state index contributed by atoms with van der Waals surface area (Å²) >= 11 is 3.51. The zero-order valence-corrected chi connectivity index (χ0v) is 12.8. The quantitative estimate of drug-likeness (QED) is 0.680. The monoisotopic (exact) mass is 313 g/mol. The van der Waals surface area contributed by atoms with Gasteiger partial charge in [0, 0.05) is 17.6 Å². The molecule has 102 valence electrons. The number of halogens is 1. The molecule has 0 saturated heterocycles. The van der Waals surface area contributed by atoms with E-state index in [1.54, 1.807) is 0 Å². The van der Waals surface area contributed by atoms with E-state index < -0.39 is 0 Å². The van der Waals surface area contributed by atoms with Gasteiger partial charge in [0.1, 0.15) is 0 Å². The van der Waals surface area contributed by atoms with Crippen molar-refractivity contribution in [1.29, 1.82) is 0 Å². The maximum Gasteiger partial charge on any atom is 0.0431 e. The number of hydrogen-bond donors (Lipinski definition) is 2. The number of hydrogen-bond acceptors (Lipinski definition) is 2. The molecule has 0 unspecified atom stereocenters. The first-order valence-electron chi connectivity index (χ1n) is 6.80. The van der Waals surface area contributed by atoms with Gasteiger partial charge in [-0.1, -0.05) is 47.3 Å². The van der Waals surface area contributed by atoms with Gasteiger partial charge < -0.3 is 10.4 Å². The van der Waals surface area contributed by atoms with E-state index in [2.05, 4.69) is 46.4 Å². The molecule has 3 heteroatoms. The van der Waals surface area contributed by atoms with Crippen LogP contribution >= 0.6 is 15.9 Å². The topological polar surface area (TPSA) is 32.3 Å². The lowest BCUT2D eigenvalue weighted by Crippen LogP contribution is -2.14. The summed E-state index contributed by atoms with van der Waals surface area (Å²) in [6.45, 7) is 4.48. The van der Waals surface area contributed by atoms with Crippen molar-refractivity contribution in [1.82, 2.24) is 5.32 Å². The number of aliphatic hydroxyl groups excluding tert-OH is 1. The summed E-state index contributed by atoms with van der Waals surface area (Å²) in [7, 11) is 0. The Morgan fingerprint density at radius 1 is 1.11 bits per heavy atom. The fourth-order valence-corrected chi connectivity index (χ4v) is 2.19. The Balaban J connectivity index is 2.05. The molecule has 0 aliphatic carbocycles. The molecule has 1 rings (SSSR count). The summed E-state index contributed by atoms with van der Waals surface area (Å²) in [6.07, 6.45) is 5.82. The smallest absolute Gasteiger partial charge is 0.0431 e. The van der Waals surface area contributed by atoms with Gasteiger partial charge >= 0.3 is 0 Å². The first kappa shape index (κ1) is 15.7. The standard InChI is InChI=1S/C15H24BrNO/c1-13-11-14(7-8-15(13)16)12-17-9-5-3-2-4-6-10-18/h7-8,11,17-18H,2-6,9-10,12H2,1H3. The zero-order valence-electron chi connectivity index (χ0n) is 11.2. The molecule has 1 aromatic rings. The Hall–Kier alpha value is -0.380. The van der Waals surface area contributed by atoms with Crippen LogP contribution in [0.4, 0.5) is 0 Å². The van der Waals surface area contributed by atoms with E-state index in [-0.39, 0.29) is 0 Å². The minimum atomic E-state index is 0.334. The summed E-state index contributed by atoms with van der Waals surface area (Å²) in [4.78, 5) is 0. The van der Waals surface area contributed by atoms with Gasteiger partial charge in [-0.3, -0.25) is 0 Å². The van der Waals surface area contributed by atoms with Crippen LogP contribution in [-0.4, -0.2) is 18.3 Å². The van der Waals surface area contributed by atoms with Gasteiger partial charge in [-0.25, -0.2) is 0 Å². The van der Waals surface area contributed by atoms with Gasteiger partial charge in [0.2, 0.25) is 0 Å². The lowest BCUT2D eigenvalue weighted by Gasteiger charge is -2.06. The van der Waals surface area contributed by atoms with Gasteiger partial charge in [0.15, 0.2) is 0 Å². The van der Waals surface area contributed by atoms with E-state index in [1.165, 1.54) is 34.9 Å². The van der Waals surface area contributed by atoms with E-state index in [9.17, 15) is 0 Å². The number of aliphatic hydroxyl groups is 1.